The van der Waals surface area contributed by atoms with Gasteiger partial charge in [-0.05, 0) is 43.7 Å². The Morgan fingerprint density at radius 1 is 0.714 bits per heavy atom. The molecule has 2 heterocycles. The third-order valence-electron chi connectivity index (χ3n) is 6.49. The molecule has 3 aromatic carbocycles. The molecule has 0 N–H and O–H groups in total. The summed E-state index contributed by atoms with van der Waals surface area (Å²) in [5.74, 6) is -0.476. The Morgan fingerprint density at radius 3 is 1.94 bits per heavy atom. The molecule has 3 aromatic rings. The second-order valence-electron chi connectivity index (χ2n) is 9.12. The Kier molecular flexibility index (Phi) is 6.75. The molecule has 2 amide bonds. The lowest BCUT2D eigenvalue weighted by Crippen LogP contribution is -2.47. The van der Waals surface area contributed by atoms with E-state index >= 15 is 0 Å². The van der Waals surface area contributed by atoms with Gasteiger partial charge in [0.15, 0.2) is 0 Å². The van der Waals surface area contributed by atoms with Gasteiger partial charge in [-0.1, -0.05) is 77.5 Å². The second-order valence-corrected chi connectivity index (χ2v) is 10.2. The van der Waals surface area contributed by atoms with Crippen molar-refractivity contribution in [2.45, 2.75) is 25.3 Å². The number of carbonyl (C=O) groups excluding carboxylic acids is 2. The number of nitrogens with zero attached hydrogens (tertiary/aromatic N) is 3. The summed E-state index contributed by atoms with van der Waals surface area (Å²) in [4.78, 5) is 34.6. The van der Waals surface area contributed by atoms with Crippen molar-refractivity contribution in [2.24, 2.45) is 0 Å². The van der Waals surface area contributed by atoms with Gasteiger partial charge in [0.25, 0.3) is 11.8 Å². The first-order chi connectivity index (χ1) is 17.0. The van der Waals surface area contributed by atoms with E-state index in [-0.39, 0.29) is 11.8 Å². The Hall–Kier alpha value is -3.35. The van der Waals surface area contributed by atoms with Crippen molar-refractivity contribution in [1.82, 2.24) is 9.80 Å². The molecule has 0 radical (unpaired) electrons. The summed E-state index contributed by atoms with van der Waals surface area (Å²) < 4.78 is 0. The summed E-state index contributed by atoms with van der Waals surface area (Å²) in [5, 5.41) is 0. The van der Waals surface area contributed by atoms with E-state index in [0.717, 1.165) is 35.7 Å². The highest BCUT2D eigenvalue weighted by Gasteiger charge is 2.43. The molecule has 0 saturated carbocycles. The fourth-order valence-corrected chi connectivity index (χ4v) is 5.49. The van der Waals surface area contributed by atoms with Crippen molar-refractivity contribution in [1.29, 1.82) is 0 Å². The quantitative estimate of drug-likeness (QED) is 0.462. The van der Waals surface area contributed by atoms with E-state index in [2.05, 4.69) is 34.1 Å². The number of hydrogen-bond acceptors (Lipinski definition) is 5. The maximum Gasteiger partial charge on any atom is 0.283 e. The Bertz CT molecular complexity index is 1250. The van der Waals surface area contributed by atoms with Gasteiger partial charge in [0.05, 0.1) is 5.69 Å². The van der Waals surface area contributed by atoms with E-state index in [0.29, 0.717) is 29.4 Å². The number of thioether (sulfide) groups is 1. The number of piperazine rings is 1. The van der Waals surface area contributed by atoms with Crippen LogP contribution in [-0.4, -0.2) is 47.8 Å². The van der Waals surface area contributed by atoms with Gasteiger partial charge in [-0.3, -0.25) is 14.5 Å². The number of carbonyl (C=O) groups is 2. The molecule has 35 heavy (non-hydrogen) atoms. The van der Waals surface area contributed by atoms with Crippen LogP contribution in [0.3, 0.4) is 0 Å². The van der Waals surface area contributed by atoms with E-state index in [1.807, 2.05) is 68.4 Å². The highest BCUT2D eigenvalue weighted by Crippen LogP contribution is 2.39. The first-order valence-corrected chi connectivity index (χ1v) is 12.8. The molecule has 2 aliphatic rings. The fourth-order valence-electron chi connectivity index (χ4n) is 4.49. The van der Waals surface area contributed by atoms with E-state index < -0.39 is 0 Å². The van der Waals surface area contributed by atoms with E-state index in [9.17, 15) is 9.59 Å². The summed E-state index contributed by atoms with van der Waals surface area (Å²) in [5.41, 5.74) is 4.68. The normalized spacial score (nSPS) is 17.0. The number of rotatable bonds is 6. The molecule has 0 bridgehead atoms. The second kappa shape index (κ2) is 10.1. The average Bonchev–Trinajstić information content (AvgIpc) is 3.11. The van der Waals surface area contributed by atoms with Crippen LogP contribution in [0.15, 0.2) is 94.4 Å². The number of aryl methyl sites for hydroxylation is 2. The van der Waals surface area contributed by atoms with Crippen LogP contribution in [0.1, 0.15) is 16.7 Å². The van der Waals surface area contributed by atoms with Crippen LogP contribution in [0.5, 0.6) is 0 Å². The van der Waals surface area contributed by atoms with Crippen molar-refractivity contribution in [3.8, 4) is 0 Å². The maximum absolute atomic E-state index is 13.7. The molecule has 0 unspecified atom stereocenters. The monoisotopic (exact) mass is 483 g/mol. The maximum atomic E-state index is 13.7. The molecule has 5 rings (SSSR count). The topological polar surface area (TPSA) is 43.9 Å². The lowest BCUT2D eigenvalue weighted by Gasteiger charge is -2.36. The molecule has 5 nitrogen and oxygen atoms in total. The zero-order valence-corrected chi connectivity index (χ0v) is 20.9. The lowest BCUT2D eigenvalue weighted by molar-refractivity contribution is -0.121. The fraction of sp³-hybridized carbons (Fsp3) is 0.241. The van der Waals surface area contributed by atoms with Crippen molar-refractivity contribution >= 4 is 29.3 Å². The Labute approximate surface area is 211 Å². The third-order valence-corrected chi connectivity index (χ3v) is 7.57. The first kappa shape index (κ1) is 23.4. The van der Waals surface area contributed by atoms with Gasteiger partial charge < -0.3 is 4.90 Å². The van der Waals surface area contributed by atoms with Crippen LogP contribution >= 0.6 is 11.8 Å². The summed E-state index contributed by atoms with van der Waals surface area (Å²) in [6, 6.07) is 26.1. The lowest BCUT2D eigenvalue weighted by atomic mass is 10.2. The van der Waals surface area contributed by atoms with E-state index in [1.165, 1.54) is 22.2 Å². The Balaban J connectivity index is 1.40. The Morgan fingerprint density at radius 2 is 1.31 bits per heavy atom. The molecule has 0 aromatic heterocycles. The molecular weight excluding hydrogens is 454 g/mol. The first-order valence-electron chi connectivity index (χ1n) is 11.9. The summed E-state index contributed by atoms with van der Waals surface area (Å²) >= 11 is 1.39. The molecule has 2 aliphatic heterocycles. The summed E-state index contributed by atoms with van der Waals surface area (Å²) in [7, 11) is 0. The molecule has 178 valence electrons. The summed E-state index contributed by atoms with van der Waals surface area (Å²) in [6.07, 6.45) is 0. The average molecular weight is 484 g/mol. The number of benzene rings is 3. The predicted molar refractivity (Wildman–Crippen MR) is 141 cm³/mol. The minimum Gasteiger partial charge on any atom is -0.363 e. The molecule has 0 spiro atoms. The minimum absolute atomic E-state index is 0.232. The number of anilines is 1. The van der Waals surface area contributed by atoms with Crippen molar-refractivity contribution in [3.05, 3.63) is 106 Å². The van der Waals surface area contributed by atoms with Gasteiger partial charge in [-0.15, -0.1) is 0 Å². The van der Waals surface area contributed by atoms with Crippen molar-refractivity contribution in [3.63, 3.8) is 0 Å². The standard InChI is InChI=1S/C29H29N3O2S/c1-21-8-12-24(13-9-21)32-28(33)26(27(29(32)34)35-25-14-10-22(2)11-15-25)31-18-16-30(17-19-31)20-23-6-4-3-5-7-23/h3-15H,16-20H2,1-2H3. The van der Waals surface area contributed by atoms with Gasteiger partial charge in [0.2, 0.25) is 0 Å². The van der Waals surface area contributed by atoms with Gasteiger partial charge in [-0.25, -0.2) is 4.90 Å². The van der Waals surface area contributed by atoms with Gasteiger partial charge in [0.1, 0.15) is 10.6 Å². The van der Waals surface area contributed by atoms with Crippen molar-refractivity contribution in [2.75, 3.05) is 31.1 Å². The zero-order chi connectivity index (χ0) is 24.4. The van der Waals surface area contributed by atoms with Gasteiger partial charge in [0, 0.05) is 37.6 Å². The number of imide groups is 1. The SMILES string of the molecule is Cc1ccc(SC2=C(N3CCN(Cc4ccccc4)CC3)C(=O)N(c3ccc(C)cc3)C2=O)cc1. The minimum atomic E-state index is -0.244. The number of hydrogen-bond donors (Lipinski definition) is 0. The highest BCUT2D eigenvalue weighted by atomic mass is 32.2. The largest absolute Gasteiger partial charge is 0.363 e. The third kappa shape index (κ3) is 5.04. The van der Waals surface area contributed by atoms with Crippen LogP contribution in [-0.2, 0) is 16.1 Å². The van der Waals surface area contributed by atoms with Crippen LogP contribution in [0.4, 0.5) is 5.69 Å². The smallest absolute Gasteiger partial charge is 0.283 e. The van der Waals surface area contributed by atoms with Crippen LogP contribution in [0, 0.1) is 13.8 Å². The van der Waals surface area contributed by atoms with Crippen LogP contribution in [0.2, 0.25) is 0 Å². The van der Waals surface area contributed by atoms with Gasteiger partial charge in [-0.2, -0.15) is 0 Å². The van der Waals surface area contributed by atoms with E-state index in [4.69, 9.17) is 0 Å². The molecule has 1 saturated heterocycles. The summed E-state index contributed by atoms with van der Waals surface area (Å²) in [6.45, 7) is 8.02. The molecule has 0 atom stereocenters. The van der Waals surface area contributed by atoms with Gasteiger partial charge >= 0.3 is 0 Å². The van der Waals surface area contributed by atoms with Crippen LogP contribution < -0.4 is 4.90 Å². The molecule has 1 fully saturated rings. The van der Waals surface area contributed by atoms with E-state index in [1.54, 1.807) is 0 Å². The molecule has 6 heteroatoms. The van der Waals surface area contributed by atoms with Crippen molar-refractivity contribution < 1.29 is 9.59 Å². The molecule has 0 aliphatic carbocycles. The zero-order valence-electron chi connectivity index (χ0n) is 20.1. The predicted octanol–water partition coefficient (Wildman–Crippen LogP) is 5.00. The molecular formula is C29H29N3O2S. The highest BCUT2D eigenvalue weighted by molar-refractivity contribution is 8.04. The number of amides is 2. The van der Waals surface area contributed by atoms with Crippen LogP contribution in [0.25, 0.3) is 0 Å².